The Hall–Kier alpha value is -2.73. The van der Waals surface area contributed by atoms with Crippen molar-refractivity contribution < 1.29 is 0 Å². The Morgan fingerprint density at radius 1 is 1.11 bits per heavy atom. The number of rotatable bonds is 3. The van der Waals surface area contributed by atoms with Gasteiger partial charge in [0.05, 0.1) is 17.6 Å². The Bertz CT molecular complexity index is 990. The minimum absolute atomic E-state index is 0.150. The zero-order chi connectivity index (χ0) is 19.1. The van der Waals surface area contributed by atoms with Gasteiger partial charge in [-0.1, -0.05) is 6.08 Å². The van der Waals surface area contributed by atoms with Gasteiger partial charge < -0.3 is 9.80 Å². The lowest BCUT2D eigenvalue weighted by Crippen LogP contribution is -2.34. The summed E-state index contributed by atoms with van der Waals surface area (Å²) in [5, 5.41) is 4.11. The standard InChI is InChI=1S/C22H25N5O/c1-25-14-17-10-12-26(21(17)15-25)18-6-4-16(5-7-18)20-9-8-19(13-23-20)27-22(28)3-2-11-24-27/h2-4,6,8-9,11,13,17,21H,5,7,10,12,14-15H2,1H3/t17-,21+/m1/s1. The van der Waals surface area contributed by atoms with Crippen molar-refractivity contribution in [3.8, 4) is 5.69 Å². The van der Waals surface area contributed by atoms with Gasteiger partial charge in [-0.05, 0) is 62.1 Å². The first-order valence-electron chi connectivity index (χ1n) is 10.0. The predicted octanol–water partition coefficient (Wildman–Crippen LogP) is 2.32. The molecule has 0 radical (unpaired) electrons. The molecule has 2 saturated heterocycles. The van der Waals surface area contributed by atoms with E-state index in [1.165, 1.54) is 48.1 Å². The lowest BCUT2D eigenvalue weighted by atomic mass is 9.98. The van der Waals surface area contributed by atoms with Gasteiger partial charge in [0.25, 0.3) is 5.56 Å². The van der Waals surface area contributed by atoms with Crippen LogP contribution in [0.1, 0.15) is 25.0 Å². The van der Waals surface area contributed by atoms with Crippen molar-refractivity contribution in [1.29, 1.82) is 0 Å². The molecule has 2 atom stereocenters. The third-order valence-electron chi connectivity index (χ3n) is 6.26. The van der Waals surface area contributed by atoms with Crippen LogP contribution in [0.5, 0.6) is 0 Å². The summed E-state index contributed by atoms with van der Waals surface area (Å²) in [6.45, 7) is 3.63. The maximum absolute atomic E-state index is 11.9. The first-order chi connectivity index (χ1) is 13.7. The highest BCUT2D eigenvalue weighted by Crippen LogP contribution is 2.37. The number of hydrogen-bond donors (Lipinski definition) is 0. The molecule has 2 aromatic heterocycles. The van der Waals surface area contributed by atoms with Gasteiger partial charge in [0.1, 0.15) is 0 Å². The molecule has 0 bridgehead atoms. The molecule has 6 nitrogen and oxygen atoms in total. The molecule has 3 aliphatic rings. The van der Waals surface area contributed by atoms with Crippen LogP contribution in [-0.4, -0.2) is 57.3 Å². The van der Waals surface area contributed by atoms with Crippen LogP contribution in [0.2, 0.25) is 0 Å². The maximum atomic E-state index is 11.9. The second-order valence-electron chi connectivity index (χ2n) is 8.06. The zero-order valence-electron chi connectivity index (χ0n) is 16.2. The quantitative estimate of drug-likeness (QED) is 0.824. The number of likely N-dealkylation sites (tertiary alicyclic amines) is 2. The summed E-state index contributed by atoms with van der Waals surface area (Å²) in [6.07, 6.45) is 11.2. The van der Waals surface area contributed by atoms with E-state index in [0.717, 1.165) is 24.5 Å². The van der Waals surface area contributed by atoms with Gasteiger partial charge in [-0.2, -0.15) is 9.78 Å². The summed E-state index contributed by atoms with van der Waals surface area (Å²) in [4.78, 5) is 21.6. The highest BCUT2D eigenvalue weighted by molar-refractivity contribution is 5.66. The predicted molar refractivity (Wildman–Crippen MR) is 109 cm³/mol. The molecule has 2 aromatic rings. The molecule has 6 heteroatoms. The van der Waals surface area contributed by atoms with Gasteiger partial charge in [-0.15, -0.1) is 0 Å². The molecule has 0 N–H and O–H groups in total. The molecular formula is C22H25N5O. The second-order valence-corrected chi connectivity index (χ2v) is 8.06. The summed E-state index contributed by atoms with van der Waals surface area (Å²) in [5.41, 5.74) is 4.24. The highest BCUT2D eigenvalue weighted by atomic mass is 16.1. The van der Waals surface area contributed by atoms with Crippen molar-refractivity contribution in [2.24, 2.45) is 5.92 Å². The molecule has 5 rings (SSSR count). The van der Waals surface area contributed by atoms with Crippen LogP contribution in [0.3, 0.4) is 0 Å². The number of pyridine rings is 1. The Kier molecular flexibility index (Phi) is 4.36. The van der Waals surface area contributed by atoms with E-state index >= 15 is 0 Å². The topological polar surface area (TPSA) is 54.3 Å². The van der Waals surface area contributed by atoms with E-state index < -0.39 is 0 Å². The molecule has 1 aliphatic carbocycles. The van der Waals surface area contributed by atoms with Crippen LogP contribution in [-0.2, 0) is 0 Å². The van der Waals surface area contributed by atoms with Crippen LogP contribution in [0.4, 0.5) is 0 Å². The number of hydrogen-bond acceptors (Lipinski definition) is 5. The van der Waals surface area contributed by atoms with Gasteiger partial charge in [-0.3, -0.25) is 9.78 Å². The molecule has 4 heterocycles. The number of fused-ring (bicyclic) bond motifs is 1. The van der Waals surface area contributed by atoms with E-state index in [4.69, 9.17) is 0 Å². The van der Waals surface area contributed by atoms with Gasteiger partial charge in [-0.25, -0.2) is 0 Å². The third-order valence-corrected chi connectivity index (χ3v) is 6.26. The molecule has 28 heavy (non-hydrogen) atoms. The maximum Gasteiger partial charge on any atom is 0.271 e. The summed E-state index contributed by atoms with van der Waals surface area (Å²) in [6, 6.07) is 7.74. The van der Waals surface area contributed by atoms with Crippen molar-refractivity contribution >= 4 is 5.57 Å². The fraction of sp³-hybridized carbons (Fsp3) is 0.409. The normalized spacial score (nSPS) is 24.8. The van der Waals surface area contributed by atoms with Gasteiger partial charge >= 0.3 is 0 Å². The molecule has 144 valence electrons. The smallest absolute Gasteiger partial charge is 0.271 e. The van der Waals surface area contributed by atoms with Crippen LogP contribution in [0.15, 0.2) is 59.3 Å². The Morgan fingerprint density at radius 3 is 2.79 bits per heavy atom. The first kappa shape index (κ1) is 17.4. The van der Waals surface area contributed by atoms with Gasteiger partial charge in [0.15, 0.2) is 0 Å². The van der Waals surface area contributed by atoms with Crippen molar-refractivity contribution in [2.75, 3.05) is 26.7 Å². The average Bonchev–Trinajstić information content (AvgIpc) is 3.28. The largest absolute Gasteiger partial charge is 0.370 e. The summed E-state index contributed by atoms with van der Waals surface area (Å²) in [5.74, 6) is 0.834. The number of aromatic nitrogens is 3. The molecule has 0 spiro atoms. The summed E-state index contributed by atoms with van der Waals surface area (Å²) >= 11 is 0. The van der Waals surface area contributed by atoms with Gasteiger partial charge in [0.2, 0.25) is 0 Å². The Labute approximate surface area is 164 Å². The van der Waals surface area contributed by atoms with Crippen LogP contribution in [0.25, 0.3) is 11.3 Å². The van der Waals surface area contributed by atoms with Crippen LogP contribution < -0.4 is 5.56 Å². The Morgan fingerprint density at radius 2 is 2.04 bits per heavy atom. The van der Waals surface area contributed by atoms with Crippen molar-refractivity contribution in [1.82, 2.24) is 24.6 Å². The fourth-order valence-corrected chi connectivity index (χ4v) is 4.86. The highest BCUT2D eigenvalue weighted by Gasteiger charge is 2.40. The minimum atomic E-state index is -0.150. The van der Waals surface area contributed by atoms with Crippen molar-refractivity contribution in [3.63, 3.8) is 0 Å². The summed E-state index contributed by atoms with van der Waals surface area (Å²) < 4.78 is 1.37. The van der Waals surface area contributed by atoms with E-state index in [9.17, 15) is 4.79 Å². The summed E-state index contributed by atoms with van der Waals surface area (Å²) in [7, 11) is 2.23. The van der Waals surface area contributed by atoms with Gasteiger partial charge in [0, 0.05) is 43.6 Å². The van der Waals surface area contributed by atoms with Crippen LogP contribution in [0, 0.1) is 5.92 Å². The lowest BCUT2D eigenvalue weighted by molar-refractivity contribution is 0.281. The monoisotopic (exact) mass is 375 g/mol. The zero-order valence-corrected chi connectivity index (χ0v) is 16.2. The molecule has 2 aliphatic heterocycles. The van der Waals surface area contributed by atoms with Crippen molar-refractivity contribution in [2.45, 2.75) is 25.3 Å². The molecule has 0 amide bonds. The van der Waals surface area contributed by atoms with Crippen molar-refractivity contribution in [3.05, 3.63) is 70.6 Å². The van der Waals surface area contributed by atoms with E-state index in [1.807, 2.05) is 12.1 Å². The SMILES string of the molecule is CN1C[C@H]2CCN(C3=CC=C(c4ccc(-n5ncccc5=O)cn4)CC3)[C@H]2C1. The third kappa shape index (κ3) is 3.07. The number of nitrogens with zero attached hydrogens (tertiary/aromatic N) is 5. The average molecular weight is 375 g/mol. The molecule has 0 saturated carbocycles. The molecular weight excluding hydrogens is 350 g/mol. The van der Waals surface area contributed by atoms with E-state index in [1.54, 1.807) is 18.5 Å². The number of allylic oxidation sites excluding steroid dienone is 4. The molecule has 2 fully saturated rings. The lowest BCUT2D eigenvalue weighted by Gasteiger charge is -2.30. The number of likely N-dealkylation sites (N-methyl/N-ethyl adjacent to an activating group) is 1. The minimum Gasteiger partial charge on any atom is -0.370 e. The Balaban J connectivity index is 1.34. The van der Waals surface area contributed by atoms with E-state index in [2.05, 4.69) is 39.1 Å². The second kappa shape index (κ2) is 7.02. The van der Waals surface area contributed by atoms with E-state index in [0.29, 0.717) is 11.7 Å². The van der Waals surface area contributed by atoms with Crippen LogP contribution >= 0.6 is 0 Å². The van der Waals surface area contributed by atoms with E-state index in [-0.39, 0.29) is 5.56 Å². The first-order valence-corrected chi connectivity index (χ1v) is 10.0. The molecule has 0 aromatic carbocycles. The fourth-order valence-electron chi connectivity index (χ4n) is 4.86. The molecule has 0 unspecified atom stereocenters.